The van der Waals surface area contributed by atoms with Crippen LogP contribution in [-0.2, 0) is 18.7 Å². The topological polar surface area (TPSA) is 112 Å². The van der Waals surface area contributed by atoms with Gasteiger partial charge in [-0.2, -0.15) is 13.2 Å². The van der Waals surface area contributed by atoms with E-state index in [4.69, 9.17) is 13.9 Å². The maximum atomic E-state index is 12.9. The van der Waals surface area contributed by atoms with Crippen LogP contribution in [-0.4, -0.2) is 55.3 Å². The van der Waals surface area contributed by atoms with Crippen LogP contribution in [0.2, 0.25) is 5.04 Å². The van der Waals surface area contributed by atoms with Crippen LogP contribution in [0.3, 0.4) is 0 Å². The van der Waals surface area contributed by atoms with Gasteiger partial charge in [-0.25, -0.2) is 4.79 Å². The number of hydrogen-bond acceptors (Lipinski definition) is 8. The molecule has 2 N–H and O–H groups in total. The third kappa shape index (κ3) is 8.63. The van der Waals surface area contributed by atoms with Gasteiger partial charge in [0.1, 0.15) is 11.7 Å². The van der Waals surface area contributed by atoms with Gasteiger partial charge in [0, 0.05) is 12.7 Å². The molecule has 0 radical (unpaired) electrons. The number of ether oxygens (including phenoxy) is 2. The molecule has 0 bridgehead atoms. The van der Waals surface area contributed by atoms with Crippen molar-refractivity contribution in [2.45, 2.75) is 44.6 Å². The zero-order valence-corrected chi connectivity index (χ0v) is 28.9. The van der Waals surface area contributed by atoms with E-state index in [1.165, 1.54) is 44.5 Å². The molecule has 0 fully saturated rings. The summed E-state index contributed by atoms with van der Waals surface area (Å²) in [6, 6.07) is 20.2. The molecule has 0 unspecified atom stereocenters. The Labute approximate surface area is 279 Å². The largest absolute Gasteiger partial charge is 0.483 e. The molecule has 1 amide bonds. The molecule has 1 aliphatic heterocycles. The van der Waals surface area contributed by atoms with E-state index in [9.17, 15) is 27.6 Å². The number of nitrogens with zero attached hydrogens (tertiary/aromatic N) is 1. The van der Waals surface area contributed by atoms with Gasteiger partial charge in [0.2, 0.25) is 0 Å². The van der Waals surface area contributed by atoms with Crippen LogP contribution in [0.5, 0.6) is 0 Å². The number of nitrogens with one attached hydrogen (secondary N) is 2. The van der Waals surface area contributed by atoms with Crippen molar-refractivity contribution in [3.63, 3.8) is 0 Å². The van der Waals surface area contributed by atoms with Gasteiger partial charge in [0.15, 0.2) is 12.0 Å². The zero-order valence-electron chi connectivity index (χ0n) is 26.3. The minimum atomic E-state index is -5.03. The molecular formula is C32H36F3N3O6S2Si. The summed E-state index contributed by atoms with van der Waals surface area (Å²) in [7, 11) is 0.0587. The Morgan fingerprint density at radius 2 is 1.70 bits per heavy atom. The molecule has 0 saturated heterocycles. The van der Waals surface area contributed by atoms with Crippen molar-refractivity contribution < 1.29 is 31.9 Å². The smallest absolute Gasteiger partial charge is 0.471 e. The summed E-state index contributed by atoms with van der Waals surface area (Å²) >= 11 is 0. The fourth-order valence-corrected chi connectivity index (χ4v) is 10.5. The maximum absolute atomic E-state index is 12.9. The molecule has 0 aliphatic carbocycles. The van der Waals surface area contributed by atoms with Crippen LogP contribution >= 0.6 is 21.6 Å². The van der Waals surface area contributed by atoms with E-state index in [1.54, 1.807) is 5.32 Å². The molecule has 1 aromatic heterocycles. The van der Waals surface area contributed by atoms with Crippen molar-refractivity contribution in [3.8, 4) is 0 Å². The van der Waals surface area contributed by atoms with Crippen LogP contribution in [0.4, 0.5) is 13.2 Å². The summed E-state index contributed by atoms with van der Waals surface area (Å²) in [5, 5.41) is 3.55. The van der Waals surface area contributed by atoms with Crippen molar-refractivity contribution in [2.24, 2.45) is 0 Å². The molecular weight excluding hydrogens is 672 g/mol. The second kappa shape index (κ2) is 15.5. The standard InChI is InChI=1S/C32H36F3N3O6S2Si/c1-31(2,3)47(23-13-7-5-8-14-23,24-15-9-6-10-16-24)43-20-26-25(42-21-46-45-4)18-27(44-26)38-19-22(28(39)37-30(38)41)12-11-17-36-29(40)32(33,34)35/h5-16,19,27H,17-18,20-21H2,1-4H3,(H,36,40)(H,37,39,41)/b12-11+/t27-/m1/s1. The van der Waals surface area contributed by atoms with Gasteiger partial charge >= 0.3 is 17.8 Å². The van der Waals surface area contributed by atoms with E-state index in [-0.39, 0.29) is 23.6 Å². The number of amides is 1. The predicted octanol–water partition coefficient (Wildman–Crippen LogP) is 4.92. The van der Waals surface area contributed by atoms with Crippen molar-refractivity contribution in [3.05, 3.63) is 111 Å². The summed E-state index contributed by atoms with van der Waals surface area (Å²) in [6.45, 7) is 6.03. The van der Waals surface area contributed by atoms with Crippen molar-refractivity contribution in [1.29, 1.82) is 0 Å². The number of H-pyrrole nitrogens is 1. The first-order chi connectivity index (χ1) is 22.3. The van der Waals surface area contributed by atoms with E-state index in [0.29, 0.717) is 17.5 Å². The molecule has 4 rings (SSSR count). The van der Waals surface area contributed by atoms with Crippen molar-refractivity contribution in [1.82, 2.24) is 14.9 Å². The van der Waals surface area contributed by atoms with Gasteiger partial charge in [-0.3, -0.25) is 19.1 Å². The SMILES string of the molecule is CSSCOC1=C(CO[Si](c2ccccc2)(c2ccccc2)C(C)(C)C)O[C@@H](n2cc(/C=C/CNC(=O)C(F)(F)F)c(=O)[nH]c2=O)C1. The van der Waals surface area contributed by atoms with Crippen LogP contribution < -0.4 is 26.9 Å². The Morgan fingerprint density at radius 3 is 2.26 bits per heavy atom. The summed E-state index contributed by atoms with van der Waals surface area (Å²) in [5.74, 6) is -0.881. The molecule has 9 nitrogen and oxygen atoms in total. The molecule has 0 saturated carbocycles. The Balaban J connectivity index is 1.64. The van der Waals surface area contributed by atoms with Crippen LogP contribution in [0.15, 0.2) is 94.0 Å². The number of aromatic nitrogens is 2. The van der Waals surface area contributed by atoms with Gasteiger partial charge in [-0.1, -0.05) is 115 Å². The number of rotatable bonds is 13. The van der Waals surface area contributed by atoms with Gasteiger partial charge in [-0.05, 0) is 21.7 Å². The van der Waals surface area contributed by atoms with E-state index < -0.39 is 44.4 Å². The second-order valence-corrected chi connectivity index (χ2v) is 18.3. The summed E-state index contributed by atoms with van der Waals surface area (Å²) in [6.07, 6.45) is -0.200. The van der Waals surface area contributed by atoms with E-state index in [1.807, 2.05) is 42.7 Å². The highest BCUT2D eigenvalue weighted by molar-refractivity contribution is 8.76. The number of halogens is 3. The summed E-state index contributed by atoms with van der Waals surface area (Å²) in [4.78, 5) is 38.7. The number of alkyl halides is 3. The second-order valence-electron chi connectivity index (χ2n) is 11.5. The fraction of sp³-hybridized carbons (Fsp3) is 0.344. The monoisotopic (exact) mass is 707 g/mol. The zero-order chi connectivity index (χ0) is 34.2. The number of carbonyl (C=O) groups is 1. The third-order valence-corrected chi connectivity index (χ3v) is 13.9. The maximum Gasteiger partial charge on any atom is 0.471 e. The van der Waals surface area contributed by atoms with E-state index in [2.05, 4.69) is 50.0 Å². The number of carbonyl (C=O) groups excluding carboxylic acids is 1. The van der Waals surface area contributed by atoms with E-state index in [0.717, 1.165) is 10.4 Å². The molecule has 1 aliphatic rings. The Bertz CT molecular complexity index is 1670. The Morgan fingerprint density at radius 1 is 1.09 bits per heavy atom. The van der Waals surface area contributed by atoms with Crippen LogP contribution in [0, 0.1) is 0 Å². The molecule has 0 spiro atoms. The molecule has 2 heterocycles. The normalized spacial score (nSPS) is 15.6. The quantitative estimate of drug-likeness (QED) is 0.112. The minimum Gasteiger partial charge on any atom is -0.483 e. The molecule has 3 aromatic rings. The number of aromatic amines is 1. The highest BCUT2D eigenvalue weighted by Gasteiger charge is 2.50. The van der Waals surface area contributed by atoms with Crippen molar-refractivity contribution >= 4 is 52.3 Å². The Hall–Kier alpha value is -3.66. The first-order valence-corrected chi connectivity index (χ1v) is 19.2. The van der Waals surface area contributed by atoms with Gasteiger partial charge in [0.25, 0.3) is 13.9 Å². The van der Waals surface area contributed by atoms with Gasteiger partial charge < -0.3 is 19.2 Å². The first kappa shape index (κ1) is 36.2. The number of hydrogen-bond donors (Lipinski definition) is 2. The van der Waals surface area contributed by atoms with Gasteiger partial charge in [0.05, 0.1) is 18.6 Å². The number of benzene rings is 2. The third-order valence-electron chi connectivity index (χ3n) is 7.43. The lowest BCUT2D eigenvalue weighted by Gasteiger charge is -2.43. The Kier molecular flexibility index (Phi) is 11.9. The summed E-state index contributed by atoms with van der Waals surface area (Å²) in [5.41, 5.74) is -1.51. The molecule has 1 atom stereocenters. The molecule has 252 valence electrons. The average Bonchev–Trinajstić information content (AvgIpc) is 3.42. The predicted molar refractivity (Wildman–Crippen MR) is 182 cm³/mol. The van der Waals surface area contributed by atoms with Gasteiger partial charge in [-0.15, -0.1) is 0 Å². The average molecular weight is 708 g/mol. The van der Waals surface area contributed by atoms with Crippen molar-refractivity contribution in [2.75, 3.05) is 25.3 Å². The van der Waals surface area contributed by atoms with Crippen LogP contribution in [0.25, 0.3) is 6.08 Å². The molecule has 47 heavy (non-hydrogen) atoms. The lowest BCUT2D eigenvalue weighted by molar-refractivity contribution is -0.173. The van der Waals surface area contributed by atoms with E-state index >= 15 is 0 Å². The highest BCUT2D eigenvalue weighted by atomic mass is 33.1. The lowest BCUT2D eigenvalue weighted by Crippen LogP contribution is -2.66. The molecule has 15 heteroatoms. The molecule has 2 aromatic carbocycles. The summed E-state index contributed by atoms with van der Waals surface area (Å²) < 4.78 is 58.1. The fourth-order valence-electron chi connectivity index (χ4n) is 5.30. The van der Waals surface area contributed by atoms with Crippen LogP contribution in [0.1, 0.15) is 39.0 Å². The highest BCUT2D eigenvalue weighted by Crippen LogP contribution is 2.39. The minimum absolute atomic E-state index is 0.0214. The lowest BCUT2D eigenvalue weighted by atomic mass is 10.2. The first-order valence-electron chi connectivity index (χ1n) is 14.6.